The quantitative estimate of drug-likeness (QED) is 0.700. The number of rotatable bonds is 3. The molecule has 1 amide bonds. The topological polar surface area (TPSA) is 45.3 Å². The van der Waals surface area contributed by atoms with Crippen molar-refractivity contribution in [1.82, 2.24) is 9.88 Å². The summed E-state index contributed by atoms with van der Waals surface area (Å²) >= 11 is 0. The summed E-state index contributed by atoms with van der Waals surface area (Å²) in [4.78, 5) is 18.2. The van der Waals surface area contributed by atoms with Crippen LogP contribution in [0.2, 0.25) is 0 Å². The Bertz CT molecular complexity index is 986. The number of nitrogens with zero attached hydrogens (tertiary/aromatic N) is 1. The number of hydrogen-bond acceptors (Lipinski definition) is 2. The second-order valence-electron chi connectivity index (χ2n) is 8.65. The van der Waals surface area contributed by atoms with Crippen molar-refractivity contribution >= 4 is 16.8 Å². The molecule has 0 radical (unpaired) electrons. The molecular formula is C25H28N2O2. The molecule has 0 bridgehead atoms. The SMILES string of the molecule is O=C(c1ccc2cc[nH]c2c1)N1CCC2(CC1)CC(Cc1ccccc1)CCO2. The zero-order chi connectivity index (χ0) is 19.7. The average Bonchev–Trinajstić information content (AvgIpc) is 3.23. The zero-order valence-corrected chi connectivity index (χ0v) is 16.8. The van der Waals surface area contributed by atoms with Crippen LogP contribution < -0.4 is 0 Å². The van der Waals surface area contributed by atoms with Gasteiger partial charge >= 0.3 is 0 Å². The minimum absolute atomic E-state index is 0.0438. The lowest BCUT2D eigenvalue weighted by Crippen LogP contribution is -2.51. The van der Waals surface area contributed by atoms with Gasteiger partial charge in [-0.15, -0.1) is 0 Å². The lowest BCUT2D eigenvalue weighted by molar-refractivity contribution is -0.123. The van der Waals surface area contributed by atoms with Crippen molar-refractivity contribution in [3.8, 4) is 0 Å². The molecule has 1 spiro atoms. The number of amides is 1. The highest BCUT2D eigenvalue weighted by molar-refractivity contribution is 5.98. The predicted octanol–water partition coefficient (Wildman–Crippen LogP) is 4.81. The number of carbonyl (C=O) groups excluding carboxylic acids is 1. The summed E-state index contributed by atoms with van der Waals surface area (Å²) in [5, 5.41) is 1.14. The summed E-state index contributed by atoms with van der Waals surface area (Å²) in [6.07, 6.45) is 7.16. The Hall–Kier alpha value is -2.59. The average molecular weight is 389 g/mol. The van der Waals surface area contributed by atoms with Gasteiger partial charge in [0, 0.05) is 37.0 Å². The number of hydrogen-bond donors (Lipinski definition) is 1. The van der Waals surface area contributed by atoms with Crippen LogP contribution >= 0.6 is 0 Å². The van der Waals surface area contributed by atoms with Gasteiger partial charge < -0.3 is 14.6 Å². The fraction of sp³-hybridized carbons (Fsp3) is 0.400. The van der Waals surface area contributed by atoms with Gasteiger partial charge in [-0.2, -0.15) is 0 Å². The van der Waals surface area contributed by atoms with E-state index in [2.05, 4.69) is 35.3 Å². The van der Waals surface area contributed by atoms with Crippen molar-refractivity contribution in [3.05, 3.63) is 71.9 Å². The van der Waals surface area contributed by atoms with Gasteiger partial charge in [0.2, 0.25) is 0 Å². The van der Waals surface area contributed by atoms with E-state index in [1.54, 1.807) is 0 Å². The van der Waals surface area contributed by atoms with Crippen LogP contribution in [0.5, 0.6) is 0 Å². The van der Waals surface area contributed by atoms with Gasteiger partial charge in [-0.1, -0.05) is 36.4 Å². The van der Waals surface area contributed by atoms with E-state index < -0.39 is 0 Å². The molecule has 5 rings (SSSR count). The number of fused-ring (bicyclic) bond motifs is 1. The number of aromatic nitrogens is 1. The van der Waals surface area contributed by atoms with Crippen molar-refractivity contribution in [2.75, 3.05) is 19.7 Å². The molecule has 2 aliphatic heterocycles. The molecule has 0 saturated carbocycles. The summed E-state index contributed by atoms with van der Waals surface area (Å²) < 4.78 is 6.31. The smallest absolute Gasteiger partial charge is 0.253 e. The first-order chi connectivity index (χ1) is 14.2. The van der Waals surface area contributed by atoms with Gasteiger partial charge in [-0.05, 0) is 67.2 Å². The van der Waals surface area contributed by atoms with Gasteiger partial charge in [0.25, 0.3) is 5.91 Å². The van der Waals surface area contributed by atoms with E-state index in [9.17, 15) is 4.79 Å². The number of carbonyl (C=O) groups is 1. The number of likely N-dealkylation sites (tertiary alicyclic amines) is 1. The second kappa shape index (κ2) is 7.68. The maximum Gasteiger partial charge on any atom is 0.253 e. The summed E-state index contributed by atoms with van der Waals surface area (Å²) in [5.74, 6) is 0.802. The Labute approximate surface area is 171 Å². The van der Waals surface area contributed by atoms with Crippen LogP contribution in [0, 0.1) is 5.92 Å². The van der Waals surface area contributed by atoms with Crippen molar-refractivity contribution in [2.45, 2.75) is 37.7 Å². The fourth-order valence-electron chi connectivity index (χ4n) is 5.08. The van der Waals surface area contributed by atoms with E-state index >= 15 is 0 Å². The molecule has 1 atom stereocenters. The first kappa shape index (κ1) is 18.4. The maximum absolute atomic E-state index is 13.0. The van der Waals surface area contributed by atoms with Crippen molar-refractivity contribution < 1.29 is 9.53 Å². The van der Waals surface area contributed by atoms with Crippen LogP contribution in [0.1, 0.15) is 41.6 Å². The third-order valence-electron chi connectivity index (χ3n) is 6.73. The van der Waals surface area contributed by atoms with E-state index in [1.165, 1.54) is 5.56 Å². The van der Waals surface area contributed by atoms with E-state index in [4.69, 9.17) is 4.74 Å². The third-order valence-corrected chi connectivity index (χ3v) is 6.73. The van der Waals surface area contributed by atoms with Gasteiger partial charge in [-0.25, -0.2) is 0 Å². The normalized spacial score (nSPS) is 21.5. The molecule has 4 heteroatoms. The van der Waals surface area contributed by atoms with Crippen LogP contribution in [0.15, 0.2) is 60.8 Å². The second-order valence-corrected chi connectivity index (χ2v) is 8.65. The van der Waals surface area contributed by atoms with E-state index in [0.717, 1.165) is 68.3 Å². The van der Waals surface area contributed by atoms with Crippen LogP contribution in [0.3, 0.4) is 0 Å². The Morgan fingerprint density at radius 1 is 1.10 bits per heavy atom. The number of H-pyrrole nitrogens is 1. The lowest BCUT2D eigenvalue weighted by atomic mass is 9.77. The third kappa shape index (κ3) is 3.82. The Morgan fingerprint density at radius 3 is 2.76 bits per heavy atom. The number of ether oxygens (including phenoxy) is 1. The molecule has 29 heavy (non-hydrogen) atoms. The molecule has 3 aromatic rings. The molecule has 0 aliphatic carbocycles. The standard InChI is InChI=1S/C25H28N2O2/c28-24(22-7-6-21-8-12-26-23(21)17-22)27-13-10-25(11-14-27)18-20(9-15-29-25)16-19-4-2-1-3-5-19/h1-8,12,17,20,26H,9-11,13-16,18H2. The number of nitrogens with one attached hydrogen (secondary N) is 1. The highest BCUT2D eigenvalue weighted by Crippen LogP contribution is 2.39. The fourth-order valence-corrected chi connectivity index (χ4v) is 5.08. The summed E-state index contributed by atoms with van der Waals surface area (Å²) in [5.41, 5.74) is 3.16. The van der Waals surface area contributed by atoms with E-state index in [1.807, 2.05) is 35.4 Å². The predicted molar refractivity (Wildman–Crippen MR) is 115 cm³/mol. The number of aromatic amines is 1. The highest BCUT2D eigenvalue weighted by atomic mass is 16.5. The van der Waals surface area contributed by atoms with Crippen LogP contribution in [-0.2, 0) is 11.2 Å². The Morgan fingerprint density at radius 2 is 1.93 bits per heavy atom. The molecule has 4 nitrogen and oxygen atoms in total. The molecule has 1 unspecified atom stereocenters. The zero-order valence-electron chi connectivity index (χ0n) is 16.8. The van der Waals surface area contributed by atoms with Crippen LogP contribution in [-0.4, -0.2) is 41.1 Å². The summed E-state index contributed by atoms with van der Waals surface area (Å²) in [6.45, 7) is 2.40. The van der Waals surface area contributed by atoms with Crippen LogP contribution in [0.25, 0.3) is 10.9 Å². The van der Waals surface area contributed by atoms with Crippen molar-refractivity contribution in [1.29, 1.82) is 0 Å². The van der Waals surface area contributed by atoms with Gasteiger partial charge in [0.15, 0.2) is 0 Å². The molecule has 3 heterocycles. The van der Waals surface area contributed by atoms with Crippen molar-refractivity contribution in [3.63, 3.8) is 0 Å². The molecule has 2 fully saturated rings. The lowest BCUT2D eigenvalue weighted by Gasteiger charge is -2.46. The number of benzene rings is 2. The van der Waals surface area contributed by atoms with Crippen molar-refractivity contribution in [2.24, 2.45) is 5.92 Å². The first-order valence-corrected chi connectivity index (χ1v) is 10.8. The first-order valence-electron chi connectivity index (χ1n) is 10.8. The number of piperidine rings is 1. The molecule has 1 aromatic heterocycles. The Balaban J connectivity index is 1.22. The largest absolute Gasteiger partial charge is 0.375 e. The Kier molecular flexibility index (Phi) is 4.88. The van der Waals surface area contributed by atoms with Gasteiger partial charge in [-0.3, -0.25) is 4.79 Å². The van der Waals surface area contributed by atoms with Crippen LogP contribution in [0.4, 0.5) is 0 Å². The summed E-state index contributed by atoms with van der Waals surface area (Å²) in [6, 6.07) is 18.7. The molecule has 2 aromatic carbocycles. The highest BCUT2D eigenvalue weighted by Gasteiger charge is 2.41. The molecule has 2 saturated heterocycles. The molecule has 2 aliphatic rings. The molecule has 1 N–H and O–H groups in total. The summed E-state index contributed by atoms with van der Waals surface area (Å²) in [7, 11) is 0. The minimum Gasteiger partial charge on any atom is -0.375 e. The van der Waals surface area contributed by atoms with Gasteiger partial charge in [0.1, 0.15) is 0 Å². The minimum atomic E-state index is -0.0438. The maximum atomic E-state index is 13.0. The molecular weight excluding hydrogens is 360 g/mol. The van der Waals surface area contributed by atoms with Gasteiger partial charge in [0.05, 0.1) is 5.60 Å². The molecule has 150 valence electrons. The van der Waals surface area contributed by atoms with E-state index in [-0.39, 0.29) is 11.5 Å². The monoisotopic (exact) mass is 388 g/mol. The van der Waals surface area contributed by atoms with E-state index in [0.29, 0.717) is 5.92 Å².